The predicted molar refractivity (Wildman–Crippen MR) is 78.8 cm³/mol. The Morgan fingerprint density at radius 3 is 2.79 bits per heavy atom. The highest BCUT2D eigenvalue weighted by molar-refractivity contribution is 5.61. The van der Waals surface area contributed by atoms with Gasteiger partial charge in [-0.15, -0.1) is 0 Å². The van der Waals surface area contributed by atoms with E-state index in [0.29, 0.717) is 12.5 Å². The highest BCUT2D eigenvalue weighted by Gasteiger charge is 2.41. The summed E-state index contributed by atoms with van der Waals surface area (Å²) in [7, 11) is 0. The number of aliphatic hydroxyl groups excluding tert-OH is 1. The van der Waals surface area contributed by atoms with E-state index in [1.165, 1.54) is 5.69 Å². The number of anilines is 1. The van der Waals surface area contributed by atoms with Crippen LogP contribution in [0.15, 0.2) is 24.3 Å². The minimum Gasteiger partial charge on any atom is -0.492 e. The maximum Gasteiger partial charge on any atom is 0.142 e. The van der Waals surface area contributed by atoms with E-state index < -0.39 is 0 Å². The van der Waals surface area contributed by atoms with Crippen LogP contribution in [0.25, 0.3) is 0 Å². The average Bonchev–Trinajstić information content (AvgIpc) is 2.67. The van der Waals surface area contributed by atoms with Gasteiger partial charge in [0, 0.05) is 18.7 Å². The Morgan fingerprint density at radius 2 is 2.11 bits per heavy atom. The van der Waals surface area contributed by atoms with Crippen LogP contribution in [0, 0.1) is 5.92 Å². The molecule has 1 aliphatic rings. The molecule has 0 spiro atoms. The average molecular weight is 263 g/mol. The summed E-state index contributed by atoms with van der Waals surface area (Å²) < 4.78 is 5.75. The normalized spacial score (nSPS) is 21.7. The second kappa shape index (κ2) is 5.83. The Bertz CT molecular complexity index is 417. The first kappa shape index (κ1) is 14.2. The molecule has 0 radical (unpaired) electrons. The number of hydrogen-bond acceptors (Lipinski definition) is 3. The zero-order chi connectivity index (χ0) is 13.9. The molecule has 106 valence electrons. The van der Waals surface area contributed by atoms with Crippen LogP contribution in [-0.4, -0.2) is 30.4 Å². The fourth-order valence-corrected chi connectivity index (χ4v) is 3.19. The van der Waals surface area contributed by atoms with Crippen molar-refractivity contribution in [2.75, 3.05) is 24.7 Å². The molecular weight excluding hydrogens is 238 g/mol. The Labute approximate surface area is 116 Å². The Morgan fingerprint density at radius 1 is 1.37 bits per heavy atom. The lowest BCUT2D eigenvalue weighted by Crippen LogP contribution is -2.43. The van der Waals surface area contributed by atoms with E-state index in [1.54, 1.807) is 0 Å². The van der Waals surface area contributed by atoms with Crippen LogP contribution in [0.3, 0.4) is 0 Å². The lowest BCUT2D eigenvalue weighted by Gasteiger charge is -2.38. The largest absolute Gasteiger partial charge is 0.492 e. The van der Waals surface area contributed by atoms with Crippen LogP contribution in [-0.2, 0) is 0 Å². The molecule has 1 atom stereocenters. The molecule has 0 aliphatic carbocycles. The van der Waals surface area contributed by atoms with Gasteiger partial charge in [-0.25, -0.2) is 0 Å². The van der Waals surface area contributed by atoms with Gasteiger partial charge in [-0.2, -0.15) is 0 Å². The minimum absolute atomic E-state index is 0.0654. The van der Waals surface area contributed by atoms with Gasteiger partial charge >= 0.3 is 0 Å². The van der Waals surface area contributed by atoms with Gasteiger partial charge in [0.2, 0.25) is 0 Å². The maximum atomic E-state index is 9.21. The zero-order valence-corrected chi connectivity index (χ0v) is 12.2. The number of benzene rings is 1. The quantitative estimate of drug-likeness (QED) is 0.886. The summed E-state index contributed by atoms with van der Waals surface area (Å²) in [6, 6.07) is 8.25. The molecule has 19 heavy (non-hydrogen) atoms. The van der Waals surface area contributed by atoms with E-state index in [-0.39, 0.29) is 12.1 Å². The molecule has 2 rings (SSSR count). The molecule has 0 bridgehead atoms. The van der Waals surface area contributed by atoms with Crippen molar-refractivity contribution in [3.05, 3.63) is 24.3 Å². The predicted octanol–water partition coefficient (Wildman–Crippen LogP) is 3.07. The molecule has 1 aliphatic heterocycles. The smallest absolute Gasteiger partial charge is 0.142 e. The maximum absolute atomic E-state index is 9.21. The van der Waals surface area contributed by atoms with Crippen molar-refractivity contribution in [2.45, 2.75) is 39.2 Å². The third-order valence-electron chi connectivity index (χ3n) is 4.33. The number of hydrogen-bond donors (Lipinski definition) is 1. The number of para-hydroxylation sites is 2. The first-order valence-electron chi connectivity index (χ1n) is 7.21. The second-order valence-corrected chi connectivity index (χ2v) is 5.70. The standard InChI is InChI=1S/C16H25NO2/c1-4-19-15-8-6-5-7-14(15)17-11-9-13(10-12-18)16(17,2)3/h5-8,13,18H,4,9-12H2,1-3H3. The van der Waals surface area contributed by atoms with Gasteiger partial charge in [-0.3, -0.25) is 0 Å². The highest BCUT2D eigenvalue weighted by Crippen LogP contribution is 2.43. The van der Waals surface area contributed by atoms with Crippen molar-refractivity contribution in [3.8, 4) is 5.75 Å². The van der Waals surface area contributed by atoms with Crippen molar-refractivity contribution in [2.24, 2.45) is 5.92 Å². The summed E-state index contributed by atoms with van der Waals surface area (Å²) >= 11 is 0. The monoisotopic (exact) mass is 263 g/mol. The Balaban J connectivity index is 2.27. The molecule has 0 aromatic heterocycles. The van der Waals surface area contributed by atoms with E-state index in [1.807, 2.05) is 19.1 Å². The van der Waals surface area contributed by atoms with Crippen LogP contribution in [0.5, 0.6) is 5.75 Å². The van der Waals surface area contributed by atoms with Crippen LogP contribution < -0.4 is 9.64 Å². The molecule has 0 amide bonds. The van der Waals surface area contributed by atoms with Crippen molar-refractivity contribution in [1.29, 1.82) is 0 Å². The molecule has 1 unspecified atom stereocenters. The van der Waals surface area contributed by atoms with Crippen LogP contribution in [0.4, 0.5) is 5.69 Å². The van der Waals surface area contributed by atoms with Gasteiger partial charge in [-0.1, -0.05) is 12.1 Å². The molecule has 1 fully saturated rings. The fraction of sp³-hybridized carbons (Fsp3) is 0.625. The minimum atomic E-state index is 0.0654. The van der Waals surface area contributed by atoms with Gasteiger partial charge in [0.1, 0.15) is 5.75 Å². The van der Waals surface area contributed by atoms with E-state index in [2.05, 4.69) is 30.9 Å². The van der Waals surface area contributed by atoms with Crippen molar-refractivity contribution in [1.82, 2.24) is 0 Å². The van der Waals surface area contributed by atoms with Crippen molar-refractivity contribution < 1.29 is 9.84 Å². The number of nitrogens with zero attached hydrogens (tertiary/aromatic N) is 1. The third kappa shape index (κ3) is 2.71. The lowest BCUT2D eigenvalue weighted by molar-refractivity contribution is 0.229. The summed E-state index contributed by atoms with van der Waals surface area (Å²) in [6.45, 7) is 8.54. The van der Waals surface area contributed by atoms with Gasteiger partial charge < -0.3 is 14.7 Å². The third-order valence-corrected chi connectivity index (χ3v) is 4.33. The van der Waals surface area contributed by atoms with Gasteiger partial charge in [0.25, 0.3) is 0 Å². The fourth-order valence-electron chi connectivity index (χ4n) is 3.19. The number of ether oxygens (including phenoxy) is 1. The Hall–Kier alpha value is -1.22. The molecule has 1 aromatic rings. The summed E-state index contributed by atoms with van der Waals surface area (Å²) in [6.07, 6.45) is 2.01. The van der Waals surface area contributed by atoms with Crippen LogP contribution >= 0.6 is 0 Å². The van der Waals surface area contributed by atoms with E-state index >= 15 is 0 Å². The molecule has 1 aromatic carbocycles. The van der Waals surface area contributed by atoms with Crippen LogP contribution in [0.2, 0.25) is 0 Å². The molecule has 1 heterocycles. The summed E-state index contributed by atoms with van der Waals surface area (Å²) in [5, 5.41) is 9.21. The topological polar surface area (TPSA) is 32.7 Å². The molecule has 1 N–H and O–H groups in total. The van der Waals surface area contributed by atoms with E-state index in [9.17, 15) is 5.11 Å². The molecule has 3 heteroatoms. The lowest BCUT2D eigenvalue weighted by atomic mass is 9.86. The highest BCUT2D eigenvalue weighted by atomic mass is 16.5. The first-order chi connectivity index (χ1) is 9.11. The second-order valence-electron chi connectivity index (χ2n) is 5.70. The Kier molecular flexibility index (Phi) is 4.35. The molecule has 3 nitrogen and oxygen atoms in total. The van der Waals surface area contributed by atoms with Gasteiger partial charge in [-0.05, 0) is 51.7 Å². The molecule has 1 saturated heterocycles. The summed E-state index contributed by atoms with van der Waals surface area (Å²) in [5.41, 5.74) is 1.24. The SMILES string of the molecule is CCOc1ccccc1N1CCC(CCO)C1(C)C. The van der Waals surface area contributed by atoms with E-state index in [0.717, 1.165) is 25.1 Å². The van der Waals surface area contributed by atoms with Crippen LogP contribution in [0.1, 0.15) is 33.6 Å². The van der Waals surface area contributed by atoms with E-state index in [4.69, 9.17) is 4.74 Å². The summed E-state index contributed by atoms with van der Waals surface area (Å²) in [5.74, 6) is 1.50. The zero-order valence-electron chi connectivity index (χ0n) is 12.2. The van der Waals surface area contributed by atoms with Crippen molar-refractivity contribution >= 4 is 5.69 Å². The first-order valence-corrected chi connectivity index (χ1v) is 7.21. The number of aliphatic hydroxyl groups is 1. The van der Waals surface area contributed by atoms with Gasteiger partial charge in [0.05, 0.1) is 12.3 Å². The summed E-state index contributed by atoms with van der Waals surface area (Å²) in [4.78, 5) is 2.43. The van der Waals surface area contributed by atoms with Gasteiger partial charge in [0.15, 0.2) is 0 Å². The molecule has 0 saturated carbocycles. The molecular formula is C16H25NO2. The number of rotatable bonds is 5. The van der Waals surface area contributed by atoms with Crippen molar-refractivity contribution in [3.63, 3.8) is 0 Å².